The molecule has 17 heavy (non-hydrogen) atoms. The van der Waals surface area contributed by atoms with Crippen LogP contribution in [0.4, 0.5) is 8.78 Å². The van der Waals surface area contributed by atoms with Gasteiger partial charge in [0.1, 0.15) is 16.6 Å². The highest BCUT2D eigenvalue weighted by atomic mass is 32.1. The minimum atomic E-state index is -0.610. The first-order valence-corrected chi connectivity index (χ1v) is 5.95. The van der Waals surface area contributed by atoms with Crippen LogP contribution >= 0.6 is 11.3 Å². The first kappa shape index (κ1) is 12.1. The second kappa shape index (κ2) is 5.29. The molecule has 0 bridgehead atoms. The molecule has 90 valence electrons. The van der Waals surface area contributed by atoms with Gasteiger partial charge in [-0.05, 0) is 19.2 Å². The maximum atomic E-state index is 13.5. The first-order chi connectivity index (χ1) is 8.22. The van der Waals surface area contributed by atoms with Gasteiger partial charge in [0.15, 0.2) is 5.01 Å². The van der Waals surface area contributed by atoms with Crippen LogP contribution in [-0.4, -0.2) is 23.8 Å². The number of halogens is 2. The van der Waals surface area contributed by atoms with Gasteiger partial charge in [-0.15, -0.1) is 10.2 Å². The zero-order valence-corrected chi connectivity index (χ0v) is 10.0. The summed E-state index contributed by atoms with van der Waals surface area (Å²) in [5.41, 5.74) is -0.0966. The topological polar surface area (TPSA) is 37.8 Å². The third-order valence-corrected chi connectivity index (χ3v) is 3.23. The Kier molecular flexibility index (Phi) is 3.75. The Hall–Kier alpha value is -1.40. The Bertz CT molecular complexity index is 493. The summed E-state index contributed by atoms with van der Waals surface area (Å²) >= 11 is 1.21. The van der Waals surface area contributed by atoms with Crippen molar-refractivity contribution in [1.82, 2.24) is 15.5 Å². The summed E-state index contributed by atoms with van der Waals surface area (Å²) in [4.78, 5) is 0. The van der Waals surface area contributed by atoms with Gasteiger partial charge in [-0.3, -0.25) is 0 Å². The molecule has 3 nitrogen and oxygen atoms in total. The number of nitrogens with zero attached hydrogens (tertiary/aromatic N) is 2. The SMILES string of the molecule is CNCCc1nnc(-c2c(F)cccc2F)s1. The van der Waals surface area contributed by atoms with E-state index in [1.54, 1.807) is 0 Å². The van der Waals surface area contributed by atoms with Crippen LogP contribution in [0, 0.1) is 11.6 Å². The zero-order valence-electron chi connectivity index (χ0n) is 9.20. The highest BCUT2D eigenvalue weighted by Crippen LogP contribution is 2.28. The van der Waals surface area contributed by atoms with E-state index in [1.807, 2.05) is 7.05 Å². The molecule has 6 heteroatoms. The van der Waals surface area contributed by atoms with Crippen LogP contribution in [0.1, 0.15) is 5.01 Å². The molecule has 0 spiro atoms. The molecule has 1 aromatic heterocycles. The van der Waals surface area contributed by atoms with E-state index < -0.39 is 11.6 Å². The maximum absolute atomic E-state index is 13.5. The monoisotopic (exact) mass is 255 g/mol. The van der Waals surface area contributed by atoms with E-state index in [-0.39, 0.29) is 10.6 Å². The number of nitrogens with one attached hydrogen (secondary N) is 1. The molecule has 0 aliphatic carbocycles. The average molecular weight is 255 g/mol. The molecule has 1 N–H and O–H groups in total. The van der Waals surface area contributed by atoms with Crippen molar-refractivity contribution in [1.29, 1.82) is 0 Å². The van der Waals surface area contributed by atoms with Crippen LogP contribution in [-0.2, 0) is 6.42 Å². The van der Waals surface area contributed by atoms with E-state index in [9.17, 15) is 8.78 Å². The van der Waals surface area contributed by atoms with Gasteiger partial charge in [-0.2, -0.15) is 0 Å². The fourth-order valence-electron chi connectivity index (χ4n) is 1.39. The summed E-state index contributed by atoms with van der Waals surface area (Å²) < 4.78 is 27.0. The summed E-state index contributed by atoms with van der Waals surface area (Å²) in [5.74, 6) is -1.22. The zero-order chi connectivity index (χ0) is 12.3. The van der Waals surface area contributed by atoms with Crippen molar-refractivity contribution in [3.8, 4) is 10.6 Å². The largest absolute Gasteiger partial charge is 0.319 e. The third-order valence-electron chi connectivity index (χ3n) is 2.23. The normalized spacial score (nSPS) is 10.8. The lowest BCUT2D eigenvalue weighted by Gasteiger charge is -1.98. The van der Waals surface area contributed by atoms with Crippen LogP contribution in [0.15, 0.2) is 18.2 Å². The van der Waals surface area contributed by atoms with E-state index in [0.717, 1.165) is 11.6 Å². The van der Waals surface area contributed by atoms with E-state index in [2.05, 4.69) is 15.5 Å². The van der Waals surface area contributed by atoms with Crippen LogP contribution in [0.3, 0.4) is 0 Å². The van der Waals surface area contributed by atoms with Crippen molar-refractivity contribution in [3.05, 3.63) is 34.8 Å². The molecule has 0 atom stereocenters. The quantitative estimate of drug-likeness (QED) is 0.910. The molecule has 2 aromatic rings. The smallest absolute Gasteiger partial charge is 0.153 e. The highest BCUT2D eigenvalue weighted by molar-refractivity contribution is 7.14. The molecule has 0 fully saturated rings. The maximum Gasteiger partial charge on any atom is 0.153 e. The lowest BCUT2D eigenvalue weighted by Crippen LogP contribution is -2.09. The molecule has 0 amide bonds. The number of aromatic nitrogens is 2. The number of hydrogen-bond acceptors (Lipinski definition) is 4. The van der Waals surface area contributed by atoms with Crippen LogP contribution in [0.5, 0.6) is 0 Å². The summed E-state index contributed by atoms with van der Waals surface area (Å²) in [6, 6.07) is 3.76. The van der Waals surface area contributed by atoms with Gasteiger partial charge >= 0.3 is 0 Å². The Morgan fingerprint density at radius 2 is 1.94 bits per heavy atom. The second-order valence-corrected chi connectivity index (χ2v) is 4.51. The fraction of sp³-hybridized carbons (Fsp3) is 0.273. The summed E-state index contributed by atoms with van der Waals surface area (Å²) in [5, 5.41) is 11.8. The molecular weight excluding hydrogens is 244 g/mol. The van der Waals surface area contributed by atoms with E-state index in [1.165, 1.54) is 29.5 Å². The van der Waals surface area contributed by atoms with Gasteiger partial charge in [0.05, 0.1) is 5.56 Å². The predicted molar refractivity (Wildman–Crippen MR) is 62.9 cm³/mol. The van der Waals surface area contributed by atoms with Crippen molar-refractivity contribution >= 4 is 11.3 Å². The van der Waals surface area contributed by atoms with Gasteiger partial charge < -0.3 is 5.32 Å². The standard InChI is InChI=1S/C11H11F2N3S/c1-14-6-5-9-15-16-11(17-9)10-7(12)3-2-4-8(10)13/h2-4,14H,5-6H2,1H3. The van der Waals surface area contributed by atoms with E-state index in [4.69, 9.17) is 0 Å². The van der Waals surface area contributed by atoms with Gasteiger partial charge in [-0.25, -0.2) is 8.78 Å². The van der Waals surface area contributed by atoms with Crippen molar-refractivity contribution in [2.45, 2.75) is 6.42 Å². The van der Waals surface area contributed by atoms with Gasteiger partial charge in [-0.1, -0.05) is 17.4 Å². The van der Waals surface area contributed by atoms with Gasteiger partial charge in [0, 0.05) is 13.0 Å². The lowest BCUT2D eigenvalue weighted by atomic mass is 10.2. The Morgan fingerprint density at radius 3 is 2.59 bits per heavy atom. The molecule has 1 heterocycles. The molecule has 0 saturated carbocycles. The molecule has 0 aliphatic heterocycles. The van der Waals surface area contributed by atoms with Gasteiger partial charge in [0.25, 0.3) is 0 Å². The minimum absolute atomic E-state index is 0.0966. The Morgan fingerprint density at radius 1 is 1.24 bits per heavy atom. The minimum Gasteiger partial charge on any atom is -0.319 e. The lowest BCUT2D eigenvalue weighted by molar-refractivity contribution is 0.589. The molecule has 0 unspecified atom stereocenters. The average Bonchev–Trinajstić information content (AvgIpc) is 2.75. The molecule has 1 aromatic carbocycles. The third kappa shape index (κ3) is 2.65. The van der Waals surface area contributed by atoms with E-state index in [0.29, 0.717) is 6.42 Å². The number of hydrogen-bond donors (Lipinski definition) is 1. The van der Waals surface area contributed by atoms with Crippen LogP contribution < -0.4 is 5.32 Å². The van der Waals surface area contributed by atoms with Crippen molar-refractivity contribution in [2.24, 2.45) is 0 Å². The van der Waals surface area contributed by atoms with Crippen LogP contribution in [0.25, 0.3) is 10.6 Å². The van der Waals surface area contributed by atoms with Gasteiger partial charge in [0.2, 0.25) is 0 Å². The number of rotatable bonds is 4. The number of likely N-dealkylation sites (N-methyl/N-ethyl adjacent to an activating group) is 1. The molecular formula is C11H11F2N3S. The predicted octanol–water partition coefficient (Wildman–Crippen LogP) is 2.25. The highest BCUT2D eigenvalue weighted by Gasteiger charge is 2.15. The number of benzene rings is 1. The second-order valence-electron chi connectivity index (χ2n) is 3.45. The Balaban J connectivity index is 2.30. The summed E-state index contributed by atoms with van der Waals surface area (Å²) in [7, 11) is 1.83. The molecule has 0 aliphatic rings. The summed E-state index contributed by atoms with van der Waals surface area (Å²) in [6.45, 7) is 0.758. The van der Waals surface area contributed by atoms with Crippen molar-refractivity contribution < 1.29 is 8.78 Å². The van der Waals surface area contributed by atoms with Crippen LogP contribution in [0.2, 0.25) is 0 Å². The Labute approximate surface area is 102 Å². The van der Waals surface area contributed by atoms with Crippen molar-refractivity contribution in [3.63, 3.8) is 0 Å². The van der Waals surface area contributed by atoms with E-state index >= 15 is 0 Å². The molecule has 0 saturated heterocycles. The fourth-order valence-corrected chi connectivity index (χ4v) is 2.28. The first-order valence-electron chi connectivity index (χ1n) is 5.13. The molecule has 2 rings (SSSR count). The van der Waals surface area contributed by atoms with Crippen molar-refractivity contribution in [2.75, 3.05) is 13.6 Å². The molecule has 0 radical (unpaired) electrons. The summed E-state index contributed by atoms with van der Waals surface area (Å²) in [6.07, 6.45) is 0.699.